The number of rotatable bonds is 8. The van der Waals surface area contributed by atoms with Gasteiger partial charge in [0.1, 0.15) is 22.4 Å². The molecule has 0 spiro atoms. The Morgan fingerprint density at radius 2 is 1.90 bits per heavy atom. The van der Waals surface area contributed by atoms with Gasteiger partial charge < -0.3 is 20.9 Å². The fourth-order valence-corrected chi connectivity index (χ4v) is 3.90. The molecule has 0 aliphatic heterocycles. The average molecular weight is 466 g/mol. The van der Waals surface area contributed by atoms with E-state index in [2.05, 4.69) is 20.5 Å². The number of aliphatic hydroxyl groups is 1. The van der Waals surface area contributed by atoms with Gasteiger partial charge in [-0.15, -0.1) is 10.2 Å². The minimum absolute atomic E-state index is 0.0382. The number of nitrogens with one attached hydrogen (secondary N) is 1. The van der Waals surface area contributed by atoms with Gasteiger partial charge in [-0.2, -0.15) is 0 Å². The van der Waals surface area contributed by atoms with E-state index in [9.17, 15) is 9.50 Å². The molecule has 7 nitrogen and oxygen atoms in total. The van der Waals surface area contributed by atoms with Crippen molar-refractivity contribution in [3.8, 4) is 26.9 Å². The molecule has 4 N–H and O–H groups in total. The Morgan fingerprint density at radius 3 is 2.58 bits per heavy atom. The van der Waals surface area contributed by atoms with Gasteiger partial charge in [0.15, 0.2) is 11.6 Å². The second-order valence-electron chi connectivity index (χ2n) is 7.57. The maximum absolute atomic E-state index is 14.6. The van der Waals surface area contributed by atoms with Crippen LogP contribution >= 0.6 is 22.9 Å². The normalized spacial score (nSPS) is 13.3. The summed E-state index contributed by atoms with van der Waals surface area (Å²) in [4.78, 5) is 4.48. The Bertz CT molecular complexity index is 1060. The molecule has 0 aliphatic rings. The van der Waals surface area contributed by atoms with Crippen molar-refractivity contribution in [2.24, 2.45) is 5.73 Å². The SMILES string of the molecule is Cc1cc(-c2nnc(-c3cc(F)c(OC[C@H](N)[C@@H](C)O)cc3Cl)s2)cc(NC(C)C)n1. The number of aromatic nitrogens is 3. The van der Waals surface area contributed by atoms with Crippen molar-refractivity contribution in [3.63, 3.8) is 0 Å². The van der Waals surface area contributed by atoms with Gasteiger partial charge in [-0.25, -0.2) is 9.37 Å². The van der Waals surface area contributed by atoms with E-state index < -0.39 is 18.0 Å². The topological polar surface area (TPSA) is 106 Å². The van der Waals surface area contributed by atoms with Crippen LogP contribution in [0.25, 0.3) is 21.1 Å². The number of nitrogens with two attached hydrogens (primary N) is 1. The summed E-state index contributed by atoms with van der Waals surface area (Å²) in [6.45, 7) is 7.48. The predicted octanol–water partition coefficient (Wildman–Crippen LogP) is 4.28. The summed E-state index contributed by atoms with van der Waals surface area (Å²) in [5, 5.41) is 22.6. The lowest BCUT2D eigenvalue weighted by atomic mass is 10.2. The summed E-state index contributed by atoms with van der Waals surface area (Å²) in [5.74, 6) is 0.114. The number of benzene rings is 1. The number of nitrogens with zero attached hydrogens (tertiary/aromatic N) is 3. The molecule has 166 valence electrons. The summed E-state index contributed by atoms with van der Waals surface area (Å²) in [6.07, 6.45) is -0.773. The quantitative estimate of drug-likeness (QED) is 0.456. The zero-order chi connectivity index (χ0) is 22.7. The Labute approximate surface area is 189 Å². The molecular formula is C21H25ClFN5O2S. The minimum Gasteiger partial charge on any atom is -0.489 e. The molecule has 0 radical (unpaired) electrons. The third-order valence-electron chi connectivity index (χ3n) is 4.36. The number of hydrogen-bond acceptors (Lipinski definition) is 8. The second-order valence-corrected chi connectivity index (χ2v) is 8.96. The van der Waals surface area contributed by atoms with Crippen LogP contribution in [0, 0.1) is 12.7 Å². The molecule has 2 heterocycles. The highest BCUT2D eigenvalue weighted by Gasteiger charge is 2.18. The first-order valence-electron chi connectivity index (χ1n) is 9.79. The molecule has 2 aromatic heterocycles. The molecule has 0 amide bonds. The number of halogens is 2. The van der Waals surface area contributed by atoms with Crippen molar-refractivity contribution in [3.05, 3.63) is 40.8 Å². The zero-order valence-electron chi connectivity index (χ0n) is 17.7. The summed E-state index contributed by atoms with van der Waals surface area (Å²) in [7, 11) is 0. The molecule has 0 saturated heterocycles. The van der Waals surface area contributed by atoms with Crippen LogP contribution in [0.2, 0.25) is 5.02 Å². The van der Waals surface area contributed by atoms with Gasteiger partial charge in [-0.1, -0.05) is 22.9 Å². The molecule has 2 atom stereocenters. The highest BCUT2D eigenvalue weighted by atomic mass is 35.5. The van der Waals surface area contributed by atoms with Crippen LogP contribution in [0.4, 0.5) is 10.2 Å². The number of anilines is 1. The Balaban J connectivity index is 1.86. The molecule has 0 unspecified atom stereocenters. The zero-order valence-corrected chi connectivity index (χ0v) is 19.3. The third-order valence-corrected chi connectivity index (χ3v) is 5.68. The maximum atomic E-state index is 14.6. The van der Waals surface area contributed by atoms with Gasteiger partial charge in [0.05, 0.1) is 17.2 Å². The second kappa shape index (κ2) is 9.86. The summed E-state index contributed by atoms with van der Waals surface area (Å²) in [5.41, 5.74) is 7.85. The highest BCUT2D eigenvalue weighted by Crippen LogP contribution is 2.37. The lowest BCUT2D eigenvalue weighted by Crippen LogP contribution is -2.38. The lowest BCUT2D eigenvalue weighted by molar-refractivity contribution is 0.129. The largest absolute Gasteiger partial charge is 0.489 e. The van der Waals surface area contributed by atoms with E-state index in [0.717, 1.165) is 17.1 Å². The van der Waals surface area contributed by atoms with E-state index >= 15 is 0 Å². The fourth-order valence-electron chi connectivity index (χ4n) is 2.74. The molecule has 0 fully saturated rings. The van der Waals surface area contributed by atoms with Crippen LogP contribution in [-0.2, 0) is 0 Å². The molecule has 0 aliphatic carbocycles. The van der Waals surface area contributed by atoms with Crippen molar-refractivity contribution < 1.29 is 14.2 Å². The number of pyridine rings is 1. The lowest BCUT2D eigenvalue weighted by Gasteiger charge is -2.16. The van der Waals surface area contributed by atoms with Gasteiger partial charge in [-0.05, 0) is 45.9 Å². The Hall–Kier alpha value is -2.33. The van der Waals surface area contributed by atoms with Crippen molar-refractivity contribution in [1.29, 1.82) is 0 Å². The average Bonchev–Trinajstić information content (AvgIpc) is 3.17. The highest BCUT2D eigenvalue weighted by molar-refractivity contribution is 7.18. The van der Waals surface area contributed by atoms with E-state index in [1.807, 2.05) is 32.9 Å². The molecule has 1 aromatic carbocycles. The fraction of sp³-hybridized carbons (Fsp3) is 0.381. The van der Waals surface area contributed by atoms with Crippen molar-refractivity contribution in [2.75, 3.05) is 11.9 Å². The van der Waals surface area contributed by atoms with Gasteiger partial charge in [0.2, 0.25) is 0 Å². The molecule has 31 heavy (non-hydrogen) atoms. The van der Waals surface area contributed by atoms with Gasteiger partial charge in [0.25, 0.3) is 0 Å². The van der Waals surface area contributed by atoms with Crippen molar-refractivity contribution in [1.82, 2.24) is 15.2 Å². The molecule has 0 bridgehead atoms. The predicted molar refractivity (Wildman–Crippen MR) is 122 cm³/mol. The summed E-state index contributed by atoms with van der Waals surface area (Å²) in [6, 6.07) is 6.07. The molecule has 10 heteroatoms. The smallest absolute Gasteiger partial charge is 0.165 e. The summed E-state index contributed by atoms with van der Waals surface area (Å²) < 4.78 is 20.0. The Kier molecular flexibility index (Phi) is 7.42. The minimum atomic E-state index is -0.773. The van der Waals surface area contributed by atoms with Crippen LogP contribution in [0.5, 0.6) is 5.75 Å². The van der Waals surface area contributed by atoms with E-state index in [1.54, 1.807) is 6.92 Å². The van der Waals surface area contributed by atoms with Gasteiger partial charge in [0, 0.05) is 28.9 Å². The number of aliphatic hydroxyl groups excluding tert-OH is 1. The van der Waals surface area contributed by atoms with Crippen LogP contribution < -0.4 is 15.8 Å². The van der Waals surface area contributed by atoms with Crippen LogP contribution in [0.3, 0.4) is 0 Å². The maximum Gasteiger partial charge on any atom is 0.165 e. The van der Waals surface area contributed by atoms with Crippen LogP contribution in [-0.4, -0.2) is 45.1 Å². The standard InChI is InChI=1S/C21H25ClFN5O2S/c1-10(2)25-19-6-13(5-11(3)26-19)20-27-28-21(31-20)14-7-16(23)18(8-15(14)22)30-9-17(24)12(4)29/h5-8,10,12,17,29H,9,24H2,1-4H3,(H,25,26)/t12-,17+/m1/s1. The first-order chi connectivity index (χ1) is 14.6. The first-order valence-corrected chi connectivity index (χ1v) is 11.0. The first kappa shape index (κ1) is 23.3. The van der Waals surface area contributed by atoms with Crippen molar-refractivity contribution in [2.45, 2.75) is 45.9 Å². The van der Waals surface area contributed by atoms with Gasteiger partial charge in [-0.3, -0.25) is 0 Å². The number of aryl methyl sites for hydroxylation is 1. The van der Waals surface area contributed by atoms with Crippen LogP contribution in [0.15, 0.2) is 24.3 Å². The van der Waals surface area contributed by atoms with E-state index in [-0.39, 0.29) is 23.4 Å². The van der Waals surface area contributed by atoms with E-state index in [1.165, 1.54) is 23.5 Å². The van der Waals surface area contributed by atoms with Gasteiger partial charge >= 0.3 is 0 Å². The third kappa shape index (κ3) is 5.88. The number of hydrogen-bond donors (Lipinski definition) is 3. The van der Waals surface area contributed by atoms with E-state index in [0.29, 0.717) is 15.6 Å². The van der Waals surface area contributed by atoms with Crippen molar-refractivity contribution >= 4 is 28.8 Å². The van der Waals surface area contributed by atoms with Crippen LogP contribution in [0.1, 0.15) is 26.5 Å². The molecule has 3 rings (SSSR count). The monoisotopic (exact) mass is 465 g/mol. The molecule has 3 aromatic rings. The molecular weight excluding hydrogens is 441 g/mol. The summed E-state index contributed by atoms with van der Waals surface area (Å²) >= 11 is 7.67. The number of ether oxygens (including phenoxy) is 1. The molecule has 0 saturated carbocycles. The Morgan fingerprint density at radius 1 is 1.19 bits per heavy atom. The van der Waals surface area contributed by atoms with E-state index in [4.69, 9.17) is 22.1 Å².